The number of aromatic nitrogens is 1. The minimum absolute atomic E-state index is 0.277. The second-order valence-corrected chi connectivity index (χ2v) is 4.04. The third kappa shape index (κ3) is 1.53. The van der Waals surface area contributed by atoms with Gasteiger partial charge in [0.25, 0.3) is 0 Å². The number of hydrogen-bond donors (Lipinski definition) is 1. The molecule has 0 aliphatic carbocycles. The molecule has 0 saturated carbocycles. The van der Waals surface area contributed by atoms with E-state index in [1.807, 2.05) is 24.5 Å². The molecule has 1 atom stereocenters. The summed E-state index contributed by atoms with van der Waals surface area (Å²) in [6.45, 7) is 1.08. The molecule has 1 saturated heterocycles. The van der Waals surface area contributed by atoms with E-state index in [1.54, 1.807) is 0 Å². The lowest BCUT2D eigenvalue weighted by Crippen LogP contribution is -2.53. The Hall–Kier alpha value is -0.930. The molecule has 3 nitrogen and oxygen atoms in total. The molecule has 2 rings (SSSR count). The predicted octanol–water partition coefficient (Wildman–Crippen LogP) is 1.31. The monoisotopic (exact) mass is 191 g/mol. The second kappa shape index (κ2) is 3.67. The molecule has 1 aromatic rings. The fourth-order valence-corrected chi connectivity index (χ4v) is 2.14. The molecule has 3 heteroatoms. The Kier molecular flexibility index (Phi) is 2.52. The van der Waals surface area contributed by atoms with Crippen molar-refractivity contribution in [1.29, 1.82) is 0 Å². The van der Waals surface area contributed by atoms with E-state index in [0.29, 0.717) is 0 Å². The SMILES string of the molecule is CN1CCCCC1(N)c1ccncc1. The molecule has 0 aromatic carbocycles. The topological polar surface area (TPSA) is 42.1 Å². The van der Waals surface area contributed by atoms with Gasteiger partial charge in [-0.15, -0.1) is 0 Å². The van der Waals surface area contributed by atoms with Crippen LogP contribution in [0.5, 0.6) is 0 Å². The van der Waals surface area contributed by atoms with Crippen molar-refractivity contribution < 1.29 is 0 Å². The zero-order valence-electron chi connectivity index (χ0n) is 8.61. The zero-order valence-corrected chi connectivity index (χ0v) is 8.61. The number of nitrogens with two attached hydrogens (primary N) is 1. The van der Waals surface area contributed by atoms with Gasteiger partial charge in [0.15, 0.2) is 0 Å². The van der Waals surface area contributed by atoms with Crippen LogP contribution in [-0.2, 0) is 5.66 Å². The summed E-state index contributed by atoms with van der Waals surface area (Å²) < 4.78 is 0. The van der Waals surface area contributed by atoms with Gasteiger partial charge in [-0.3, -0.25) is 9.88 Å². The van der Waals surface area contributed by atoms with E-state index in [-0.39, 0.29) is 5.66 Å². The Bertz CT molecular complexity index is 299. The van der Waals surface area contributed by atoms with Crippen molar-refractivity contribution in [1.82, 2.24) is 9.88 Å². The van der Waals surface area contributed by atoms with E-state index >= 15 is 0 Å². The smallest absolute Gasteiger partial charge is 0.0948 e. The Morgan fingerprint density at radius 2 is 2.07 bits per heavy atom. The molecule has 0 bridgehead atoms. The van der Waals surface area contributed by atoms with Crippen molar-refractivity contribution in [2.24, 2.45) is 5.73 Å². The highest BCUT2D eigenvalue weighted by atomic mass is 15.3. The van der Waals surface area contributed by atoms with E-state index in [4.69, 9.17) is 5.73 Å². The van der Waals surface area contributed by atoms with Gasteiger partial charge in [0.1, 0.15) is 0 Å². The molecule has 1 aliphatic rings. The van der Waals surface area contributed by atoms with Gasteiger partial charge in [-0.2, -0.15) is 0 Å². The minimum atomic E-state index is -0.277. The summed E-state index contributed by atoms with van der Waals surface area (Å²) in [5, 5.41) is 0. The first kappa shape index (κ1) is 9.62. The van der Waals surface area contributed by atoms with Crippen LogP contribution in [0, 0.1) is 0 Å². The summed E-state index contributed by atoms with van der Waals surface area (Å²) in [6.07, 6.45) is 7.12. The van der Waals surface area contributed by atoms with Crippen LogP contribution < -0.4 is 5.73 Å². The van der Waals surface area contributed by atoms with Crippen LogP contribution in [-0.4, -0.2) is 23.5 Å². The van der Waals surface area contributed by atoms with Crippen LogP contribution in [0.4, 0.5) is 0 Å². The molecule has 0 radical (unpaired) electrons. The maximum absolute atomic E-state index is 6.42. The van der Waals surface area contributed by atoms with Gasteiger partial charge in [-0.1, -0.05) is 0 Å². The Balaban J connectivity index is 2.30. The average Bonchev–Trinajstić information content (AvgIpc) is 2.24. The van der Waals surface area contributed by atoms with E-state index < -0.39 is 0 Å². The number of likely N-dealkylation sites (tertiary alicyclic amines) is 1. The molecule has 0 spiro atoms. The molecule has 2 heterocycles. The maximum atomic E-state index is 6.42. The summed E-state index contributed by atoms with van der Waals surface area (Å²) in [5.74, 6) is 0. The van der Waals surface area contributed by atoms with Crippen LogP contribution in [0.1, 0.15) is 24.8 Å². The number of nitrogens with zero attached hydrogens (tertiary/aromatic N) is 2. The summed E-state index contributed by atoms with van der Waals surface area (Å²) in [4.78, 5) is 6.26. The highest BCUT2D eigenvalue weighted by Crippen LogP contribution is 2.30. The fraction of sp³-hybridized carbons (Fsp3) is 0.545. The lowest BCUT2D eigenvalue weighted by molar-refractivity contribution is 0.0765. The van der Waals surface area contributed by atoms with Crippen molar-refractivity contribution in [3.63, 3.8) is 0 Å². The van der Waals surface area contributed by atoms with Crippen molar-refractivity contribution in [3.8, 4) is 0 Å². The lowest BCUT2D eigenvalue weighted by atomic mass is 9.90. The normalized spacial score (nSPS) is 29.0. The molecule has 1 unspecified atom stereocenters. The fourth-order valence-electron chi connectivity index (χ4n) is 2.14. The van der Waals surface area contributed by atoms with E-state index in [9.17, 15) is 0 Å². The number of piperidine rings is 1. The largest absolute Gasteiger partial charge is 0.309 e. The molecule has 76 valence electrons. The van der Waals surface area contributed by atoms with E-state index in [2.05, 4.69) is 16.9 Å². The Morgan fingerprint density at radius 3 is 2.71 bits per heavy atom. The van der Waals surface area contributed by atoms with Gasteiger partial charge >= 0.3 is 0 Å². The molecule has 2 N–H and O–H groups in total. The molecular formula is C11H17N3. The average molecular weight is 191 g/mol. The van der Waals surface area contributed by atoms with Crippen LogP contribution in [0.3, 0.4) is 0 Å². The molecular weight excluding hydrogens is 174 g/mol. The third-order valence-electron chi connectivity index (χ3n) is 3.16. The predicted molar refractivity (Wildman–Crippen MR) is 56.6 cm³/mol. The highest BCUT2D eigenvalue weighted by Gasteiger charge is 2.33. The summed E-state index contributed by atoms with van der Waals surface area (Å²) in [6, 6.07) is 4.03. The number of pyridine rings is 1. The second-order valence-electron chi connectivity index (χ2n) is 4.04. The quantitative estimate of drug-likeness (QED) is 0.727. The van der Waals surface area contributed by atoms with Crippen molar-refractivity contribution in [2.75, 3.05) is 13.6 Å². The lowest BCUT2D eigenvalue weighted by Gasteiger charge is -2.42. The van der Waals surface area contributed by atoms with Gasteiger partial charge in [-0.05, 0) is 50.6 Å². The minimum Gasteiger partial charge on any atom is -0.309 e. The Labute approximate surface area is 84.9 Å². The van der Waals surface area contributed by atoms with Gasteiger partial charge in [0.2, 0.25) is 0 Å². The molecule has 14 heavy (non-hydrogen) atoms. The molecule has 1 aliphatic heterocycles. The van der Waals surface area contributed by atoms with Crippen molar-refractivity contribution in [3.05, 3.63) is 30.1 Å². The zero-order chi connectivity index (χ0) is 10.0. The van der Waals surface area contributed by atoms with E-state index in [1.165, 1.54) is 18.4 Å². The Morgan fingerprint density at radius 1 is 1.36 bits per heavy atom. The van der Waals surface area contributed by atoms with Crippen LogP contribution in [0.2, 0.25) is 0 Å². The number of rotatable bonds is 1. The molecule has 0 amide bonds. The van der Waals surface area contributed by atoms with Gasteiger partial charge in [-0.25, -0.2) is 0 Å². The standard InChI is InChI=1S/C11H17N3/c1-14-9-3-2-6-11(14,12)10-4-7-13-8-5-10/h4-5,7-8H,2-3,6,9,12H2,1H3. The third-order valence-corrected chi connectivity index (χ3v) is 3.16. The first-order chi connectivity index (χ1) is 6.73. The van der Waals surface area contributed by atoms with Crippen molar-refractivity contribution in [2.45, 2.75) is 24.9 Å². The van der Waals surface area contributed by atoms with Crippen LogP contribution >= 0.6 is 0 Å². The molecule has 1 aromatic heterocycles. The summed E-state index contributed by atoms with van der Waals surface area (Å²) >= 11 is 0. The number of hydrogen-bond acceptors (Lipinski definition) is 3. The van der Waals surface area contributed by atoms with Gasteiger partial charge in [0.05, 0.1) is 5.66 Å². The van der Waals surface area contributed by atoms with Crippen molar-refractivity contribution >= 4 is 0 Å². The van der Waals surface area contributed by atoms with Gasteiger partial charge < -0.3 is 5.73 Å². The molecule has 1 fully saturated rings. The first-order valence-electron chi connectivity index (χ1n) is 5.14. The first-order valence-corrected chi connectivity index (χ1v) is 5.14. The van der Waals surface area contributed by atoms with E-state index in [0.717, 1.165) is 13.0 Å². The maximum Gasteiger partial charge on any atom is 0.0948 e. The van der Waals surface area contributed by atoms with Crippen LogP contribution in [0.25, 0.3) is 0 Å². The highest BCUT2D eigenvalue weighted by molar-refractivity contribution is 5.20. The van der Waals surface area contributed by atoms with Crippen LogP contribution in [0.15, 0.2) is 24.5 Å². The van der Waals surface area contributed by atoms with Gasteiger partial charge in [0, 0.05) is 12.4 Å². The summed E-state index contributed by atoms with van der Waals surface area (Å²) in [7, 11) is 2.10. The summed E-state index contributed by atoms with van der Waals surface area (Å²) in [5.41, 5.74) is 7.32.